The highest BCUT2D eigenvalue weighted by Gasteiger charge is 2.15. The molecule has 0 N–H and O–H groups in total. The van der Waals surface area contributed by atoms with E-state index in [0.717, 1.165) is 25.7 Å². The Morgan fingerprint density at radius 3 is 2.55 bits per heavy atom. The van der Waals surface area contributed by atoms with Crippen molar-refractivity contribution >= 4 is 79.8 Å². The van der Waals surface area contributed by atoms with Crippen molar-refractivity contribution in [3.8, 4) is 5.69 Å². The van der Waals surface area contributed by atoms with Crippen molar-refractivity contribution in [1.82, 2.24) is 14.1 Å². The molecule has 0 unspecified atom stereocenters. The highest BCUT2D eigenvalue weighted by atomic mass is 127. The van der Waals surface area contributed by atoms with Crippen LogP contribution in [0.15, 0.2) is 65.5 Å². The summed E-state index contributed by atoms with van der Waals surface area (Å²) in [5.74, 6) is 0.491. The van der Waals surface area contributed by atoms with Crippen LogP contribution < -0.4 is 5.56 Å². The van der Waals surface area contributed by atoms with Gasteiger partial charge < -0.3 is 4.57 Å². The van der Waals surface area contributed by atoms with E-state index < -0.39 is 0 Å². The molecule has 0 fully saturated rings. The van der Waals surface area contributed by atoms with E-state index in [1.807, 2.05) is 49.5 Å². The standard InChI is InChI=1S/C26H18Cl2IN3O/c1-15-18(19-5-3-4-6-23(19)31(15)2)9-12-25-30-22-10-8-17(29)14-20(22)26(33)32(25)24-11-7-16(27)13-21(24)28/h3-14H,1-2H3. The van der Waals surface area contributed by atoms with Crippen LogP contribution in [-0.4, -0.2) is 14.1 Å². The molecule has 7 heteroatoms. The number of rotatable bonds is 3. The summed E-state index contributed by atoms with van der Waals surface area (Å²) in [7, 11) is 2.05. The van der Waals surface area contributed by atoms with Crippen LogP contribution in [0, 0.1) is 10.5 Å². The van der Waals surface area contributed by atoms with Crippen LogP contribution in [0.2, 0.25) is 10.0 Å². The molecular formula is C26H18Cl2IN3O. The van der Waals surface area contributed by atoms with E-state index in [9.17, 15) is 4.79 Å². The Balaban J connectivity index is 1.79. The molecule has 0 atom stereocenters. The molecule has 33 heavy (non-hydrogen) atoms. The smallest absolute Gasteiger partial charge is 0.266 e. The number of fused-ring (bicyclic) bond motifs is 2. The van der Waals surface area contributed by atoms with Crippen LogP contribution >= 0.6 is 45.8 Å². The van der Waals surface area contributed by atoms with E-state index in [0.29, 0.717) is 32.5 Å². The second-order valence-corrected chi connectivity index (χ2v) is 9.87. The number of para-hydroxylation sites is 1. The Hall–Kier alpha value is -2.61. The number of hydrogen-bond donors (Lipinski definition) is 0. The van der Waals surface area contributed by atoms with E-state index in [1.165, 1.54) is 0 Å². The lowest BCUT2D eigenvalue weighted by Gasteiger charge is -2.13. The van der Waals surface area contributed by atoms with Crippen molar-refractivity contribution in [1.29, 1.82) is 0 Å². The number of hydrogen-bond acceptors (Lipinski definition) is 2. The van der Waals surface area contributed by atoms with Gasteiger partial charge in [0.05, 0.1) is 21.6 Å². The first-order valence-electron chi connectivity index (χ1n) is 10.2. The molecule has 0 saturated carbocycles. The summed E-state index contributed by atoms with van der Waals surface area (Å²) in [6, 6.07) is 19.0. The maximum Gasteiger partial charge on any atom is 0.266 e. The Labute approximate surface area is 214 Å². The average Bonchev–Trinajstić information content (AvgIpc) is 3.04. The Morgan fingerprint density at radius 2 is 1.76 bits per heavy atom. The lowest BCUT2D eigenvalue weighted by Crippen LogP contribution is -2.22. The normalized spacial score (nSPS) is 11.8. The molecule has 4 nitrogen and oxygen atoms in total. The SMILES string of the molecule is Cc1c(C=Cc2nc3ccc(I)cc3c(=O)n2-c2ccc(Cl)cc2Cl)c2ccccc2n1C. The zero-order valence-corrected chi connectivity index (χ0v) is 21.5. The fourth-order valence-electron chi connectivity index (χ4n) is 4.10. The summed E-state index contributed by atoms with van der Waals surface area (Å²) < 4.78 is 4.67. The van der Waals surface area contributed by atoms with Crippen molar-refractivity contribution in [2.75, 3.05) is 0 Å². The first-order valence-corrected chi connectivity index (χ1v) is 12.1. The van der Waals surface area contributed by atoms with Gasteiger partial charge >= 0.3 is 0 Å². The quantitative estimate of drug-likeness (QED) is 0.209. The van der Waals surface area contributed by atoms with Gasteiger partial charge in [0.2, 0.25) is 0 Å². The highest BCUT2D eigenvalue weighted by Crippen LogP contribution is 2.28. The van der Waals surface area contributed by atoms with E-state index in [-0.39, 0.29) is 5.56 Å². The predicted octanol–water partition coefficient (Wildman–Crippen LogP) is 7.27. The summed E-state index contributed by atoms with van der Waals surface area (Å²) >= 11 is 14.8. The summed E-state index contributed by atoms with van der Waals surface area (Å²) in [6.07, 6.45) is 3.89. The van der Waals surface area contributed by atoms with Crippen molar-refractivity contribution in [2.24, 2.45) is 7.05 Å². The van der Waals surface area contributed by atoms with Crippen molar-refractivity contribution in [2.45, 2.75) is 6.92 Å². The van der Waals surface area contributed by atoms with Crippen LogP contribution in [0.5, 0.6) is 0 Å². The lowest BCUT2D eigenvalue weighted by atomic mass is 10.1. The molecule has 0 saturated heterocycles. The van der Waals surface area contributed by atoms with Crippen molar-refractivity contribution in [3.05, 3.63) is 102 Å². The minimum absolute atomic E-state index is 0.183. The second kappa shape index (κ2) is 8.63. The first kappa shape index (κ1) is 22.2. The zero-order valence-electron chi connectivity index (χ0n) is 17.8. The van der Waals surface area contributed by atoms with Gasteiger partial charge in [-0.2, -0.15) is 0 Å². The van der Waals surface area contributed by atoms with Crippen LogP contribution in [0.3, 0.4) is 0 Å². The topological polar surface area (TPSA) is 39.8 Å². The monoisotopic (exact) mass is 585 g/mol. The molecule has 5 aromatic rings. The van der Waals surface area contributed by atoms with E-state index in [1.54, 1.807) is 22.8 Å². The Bertz CT molecular complexity index is 1650. The molecule has 0 aliphatic heterocycles. The van der Waals surface area contributed by atoms with Crippen LogP contribution in [0.25, 0.3) is 39.6 Å². The van der Waals surface area contributed by atoms with Gasteiger partial charge in [-0.3, -0.25) is 9.36 Å². The largest absolute Gasteiger partial charge is 0.347 e. The van der Waals surface area contributed by atoms with Gasteiger partial charge in [0.15, 0.2) is 0 Å². The van der Waals surface area contributed by atoms with Gasteiger partial charge in [-0.05, 0) is 84.1 Å². The Morgan fingerprint density at radius 1 is 0.970 bits per heavy atom. The third-order valence-electron chi connectivity index (χ3n) is 5.85. The fraction of sp³-hybridized carbons (Fsp3) is 0.0769. The van der Waals surface area contributed by atoms with Gasteiger partial charge in [-0.15, -0.1) is 0 Å². The number of aromatic nitrogens is 3. The lowest BCUT2D eigenvalue weighted by molar-refractivity contribution is 0.916. The molecule has 2 aromatic heterocycles. The van der Waals surface area contributed by atoms with Crippen LogP contribution in [0.1, 0.15) is 17.1 Å². The summed E-state index contributed by atoms with van der Waals surface area (Å²) in [5, 5.41) is 2.56. The molecule has 0 bridgehead atoms. The molecule has 0 amide bonds. The molecule has 0 spiro atoms. The van der Waals surface area contributed by atoms with Gasteiger partial charge in [-0.1, -0.05) is 41.4 Å². The van der Waals surface area contributed by atoms with Gasteiger partial charge in [-0.25, -0.2) is 4.98 Å². The van der Waals surface area contributed by atoms with Gasteiger partial charge in [0.1, 0.15) is 5.82 Å². The fourth-order valence-corrected chi connectivity index (χ4v) is 5.08. The minimum Gasteiger partial charge on any atom is -0.347 e. The summed E-state index contributed by atoms with van der Waals surface area (Å²) in [4.78, 5) is 18.4. The molecule has 164 valence electrons. The van der Waals surface area contributed by atoms with Crippen LogP contribution in [0.4, 0.5) is 0 Å². The second-order valence-electron chi connectivity index (χ2n) is 7.78. The van der Waals surface area contributed by atoms with E-state index in [4.69, 9.17) is 28.2 Å². The van der Waals surface area contributed by atoms with Gasteiger partial charge in [0.25, 0.3) is 5.56 Å². The maximum absolute atomic E-state index is 13.6. The highest BCUT2D eigenvalue weighted by molar-refractivity contribution is 14.1. The number of halogens is 3. The van der Waals surface area contributed by atoms with Crippen molar-refractivity contribution in [3.63, 3.8) is 0 Å². The van der Waals surface area contributed by atoms with Crippen molar-refractivity contribution < 1.29 is 0 Å². The van der Waals surface area contributed by atoms with Crippen LogP contribution in [-0.2, 0) is 7.05 Å². The molecule has 2 heterocycles. The predicted molar refractivity (Wildman–Crippen MR) is 147 cm³/mol. The third kappa shape index (κ3) is 3.88. The maximum atomic E-state index is 13.6. The minimum atomic E-state index is -0.183. The third-order valence-corrected chi connectivity index (χ3v) is 7.06. The summed E-state index contributed by atoms with van der Waals surface area (Å²) in [5.41, 5.74) is 4.34. The number of benzene rings is 3. The molecule has 0 aliphatic rings. The van der Waals surface area contributed by atoms with E-state index >= 15 is 0 Å². The average molecular weight is 586 g/mol. The number of nitrogens with zero attached hydrogens (tertiary/aromatic N) is 3. The molecule has 0 radical (unpaired) electrons. The first-order chi connectivity index (χ1) is 15.8. The van der Waals surface area contributed by atoms with E-state index in [2.05, 4.69) is 46.2 Å². The summed E-state index contributed by atoms with van der Waals surface area (Å²) in [6.45, 7) is 2.08. The molecular weight excluding hydrogens is 568 g/mol. The molecule has 3 aromatic carbocycles. The Kier molecular flexibility index (Phi) is 5.80. The molecule has 5 rings (SSSR count). The number of aryl methyl sites for hydroxylation is 1. The van der Waals surface area contributed by atoms with Gasteiger partial charge in [0, 0.05) is 37.8 Å². The molecule has 0 aliphatic carbocycles. The zero-order chi connectivity index (χ0) is 23.3.